The first kappa shape index (κ1) is 17.8. The molecule has 0 amide bonds. The number of nitrogens with one attached hydrogen (secondary N) is 1. The van der Waals surface area contributed by atoms with Gasteiger partial charge in [0.25, 0.3) is 0 Å². The molecule has 0 saturated carbocycles. The molecule has 0 aliphatic rings. The van der Waals surface area contributed by atoms with Crippen LogP contribution in [0, 0.1) is 5.92 Å². The van der Waals surface area contributed by atoms with E-state index in [0.29, 0.717) is 0 Å². The van der Waals surface area contributed by atoms with Gasteiger partial charge in [-0.2, -0.15) is 0 Å². The molecule has 0 unspecified atom stereocenters. The summed E-state index contributed by atoms with van der Waals surface area (Å²) in [6, 6.07) is 5.61. The average molecular weight is 363 g/mol. The zero-order chi connectivity index (χ0) is 14.8. The van der Waals surface area contributed by atoms with Gasteiger partial charge in [-0.05, 0) is 66.0 Å². The Morgan fingerprint density at radius 2 is 1.95 bits per heavy atom. The summed E-state index contributed by atoms with van der Waals surface area (Å²) in [7, 11) is 0. The SMILES string of the molecule is CC(C)CNCCCCCCOc1ccc(Cl)cc1Br. The number of hydrogen-bond acceptors (Lipinski definition) is 2. The van der Waals surface area contributed by atoms with Crippen molar-refractivity contribution in [1.82, 2.24) is 5.32 Å². The van der Waals surface area contributed by atoms with E-state index in [0.717, 1.165) is 47.3 Å². The molecule has 2 nitrogen and oxygen atoms in total. The number of unbranched alkanes of at least 4 members (excludes halogenated alkanes) is 3. The summed E-state index contributed by atoms with van der Waals surface area (Å²) in [5.74, 6) is 1.61. The Kier molecular flexibility index (Phi) is 9.32. The smallest absolute Gasteiger partial charge is 0.133 e. The Hall–Kier alpha value is -0.250. The van der Waals surface area contributed by atoms with Crippen LogP contribution in [0.2, 0.25) is 5.02 Å². The monoisotopic (exact) mass is 361 g/mol. The summed E-state index contributed by atoms with van der Waals surface area (Å²) < 4.78 is 6.65. The van der Waals surface area contributed by atoms with Gasteiger partial charge in [0.1, 0.15) is 5.75 Å². The zero-order valence-corrected chi connectivity index (χ0v) is 14.8. The van der Waals surface area contributed by atoms with E-state index in [9.17, 15) is 0 Å². The number of benzene rings is 1. The summed E-state index contributed by atoms with van der Waals surface area (Å²) in [4.78, 5) is 0. The van der Waals surface area contributed by atoms with Crippen LogP contribution in [0.1, 0.15) is 39.5 Å². The Bertz CT molecular complexity index is 385. The van der Waals surface area contributed by atoms with Gasteiger partial charge in [0.05, 0.1) is 11.1 Å². The van der Waals surface area contributed by atoms with E-state index in [-0.39, 0.29) is 0 Å². The first-order valence-corrected chi connectivity index (χ1v) is 8.55. The van der Waals surface area contributed by atoms with Crippen LogP contribution in [0.25, 0.3) is 0 Å². The lowest BCUT2D eigenvalue weighted by molar-refractivity contribution is 0.302. The van der Waals surface area contributed by atoms with Crippen molar-refractivity contribution in [3.8, 4) is 5.75 Å². The van der Waals surface area contributed by atoms with Crippen LogP contribution in [0.3, 0.4) is 0 Å². The van der Waals surface area contributed by atoms with Gasteiger partial charge >= 0.3 is 0 Å². The van der Waals surface area contributed by atoms with E-state index in [1.165, 1.54) is 19.3 Å². The van der Waals surface area contributed by atoms with E-state index >= 15 is 0 Å². The van der Waals surface area contributed by atoms with Gasteiger partial charge in [0, 0.05) is 5.02 Å². The van der Waals surface area contributed by atoms with Gasteiger partial charge in [-0.3, -0.25) is 0 Å². The fraction of sp³-hybridized carbons (Fsp3) is 0.625. The van der Waals surface area contributed by atoms with Gasteiger partial charge in [0.2, 0.25) is 0 Å². The molecule has 20 heavy (non-hydrogen) atoms. The van der Waals surface area contributed by atoms with Crippen LogP contribution in [0.4, 0.5) is 0 Å². The van der Waals surface area contributed by atoms with Crippen molar-refractivity contribution in [2.24, 2.45) is 5.92 Å². The molecule has 0 radical (unpaired) electrons. The number of halogens is 2. The predicted molar refractivity (Wildman–Crippen MR) is 90.8 cm³/mol. The highest BCUT2D eigenvalue weighted by Gasteiger charge is 2.01. The predicted octanol–water partition coefficient (Wildman–Crippen LogP) is 5.29. The minimum absolute atomic E-state index is 0.720. The summed E-state index contributed by atoms with van der Waals surface area (Å²) in [5.41, 5.74) is 0. The van der Waals surface area contributed by atoms with Crippen molar-refractivity contribution >= 4 is 27.5 Å². The van der Waals surface area contributed by atoms with Crippen molar-refractivity contribution < 1.29 is 4.74 Å². The molecule has 0 aliphatic carbocycles. The molecule has 4 heteroatoms. The topological polar surface area (TPSA) is 21.3 Å². The second-order valence-electron chi connectivity index (χ2n) is 5.44. The zero-order valence-electron chi connectivity index (χ0n) is 12.4. The molecule has 0 aliphatic heterocycles. The van der Waals surface area contributed by atoms with Crippen molar-refractivity contribution in [2.75, 3.05) is 19.7 Å². The van der Waals surface area contributed by atoms with Crippen molar-refractivity contribution in [3.63, 3.8) is 0 Å². The van der Waals surface area contributed by atoms with Crippen LogP contribution in [-0.4, -0.2) is 19.7 Å². The molecule has 0 heterocycles. The standard InChI is InChI=1S/C16H25BrClNO/c1-13(2)12-19-9-5-3-4-6-10-20-16-8-7-14(18)11-15(16)17/h7-8,11,13,19H,3-6,9-10,12H2,1-2H3. The summed E-state index contributed by atoms with van der Waals surface area (Å²) in [6.45, 7) is 7.48. The molecule has 1 aromatic carbocycles. The van der Waals surface area contributed by atoms with E-state index < -0.39 is 0 Å². The molecule has 0 saturated heterocycles. The van der Waals surface area contributed by atoms with Gasteiger partial charge in [0.15, 0.2) is 0 Å². The molecular weight excluding hydrogens is 338 g/mol. The third-order valence-electron chi connectivity index (χ3n) is 2.95. The summed E-state index contributed by atoms with van der Waals surface area (Å²) in [5, 5.41) is 4.18. The second kappa shape index (κ2) is 10.5. The number of hydrogen-bond donors (Lipinski definition) is 1. The minimum Gasteiger partial charge on any atom is -0.492 e. The highest BCUT2D eigenvalue weighted by atomic mass is 79.9. The Morgan fingerprint density at radius 3 is 2.65 bits per heavy atom. The first-order valence-electron chi connectivity index (χ1n) is 7.38. The molecular formula is C16H25BrClNO. The van der Waals surface area contributed by atoms with Crippen LogP contribution >= 0.6 is 27.5 Å². The van der Waals surface area contributed by atoms with E-state index in [2.05, 4.69) is 35.1 Å². The van der Waals surface area contributed by atoms with Crippen LogP contribution < -0.4 is 10.1 Å². The molecule has 1 N–H and O–H groups in total. The van der Waals surface area contributed by atoms with Crippen molar-refractivity contribution in [2.45, 2.75) is 39.5 Å². The lowest BCUT2D eigenvalue weighted by Crippen LogP contribution is -2.20. The Morgan fingerprint density at radius 1 is 1.20 bits per heavy atom. The summed E-state index contributed by atoms with van der Waals surface area (Å²) in [6.07, 6.45) is 4.82. The van der Waals surface area contributed by atoms with Crippen LogP contribution in [0.15, 0.2) is 22.7 Å². The van der Waals surface area contributed by atoms with Crippen LogP contribution in [0.5, 0.6) is 5.75 Å². The maximum Gasteiger partial charge on any atom is 0.133 e. The van der Waals surface area contributed by atoms with Crippen molar-refractivity contribution in [1.29, 1.82) is 0 Å². The van der Waals surface area contributed by atoms with E-state index in [1.54, 1.807) is 0 Å². The normalized spacial score (nSPS) is 11.1. The maximum absolute atomic E-state index is 5.89. The quantitative estimate of drug-likeness (QED) is 0.571. The van der Waals surface area contributed by atoms with E-state index in [4.69, 9.17) is 16.3 Å². The van der Waals surface area contributed by atoms with Gasteiger partial charge < -0.3 is 10.1 Å². The summed E-state index contributed by atoms with van der Waals surface area (Å²) >= 11 is 9.34. The first-order chi connectivity index (χ1) is 9.59. The lowest BCUT2D eigenvalue weighted by Gasteiger charge is -2.09. The largest absolute Gasteiger partial charge is 0.492 e. The number of ether oxygens (including phenoxy) is 1. The average Bonchev–Trinajstić information content (AvgIpc) is 2.38. The fourth-order valence-electron chi connectivity index (χ4n) is 1.87. The third-order valence-corrected chi connectivity index (χ3v) is 3.81. The molecule has 0 spiro atoms. The Labute approximate surface area is 136 Å². The maximum atomic E-state index is 5.89. The second-order valence-corrected chi connectivity index (χ2v) is 6.73. The highest BCUT2D eigenvalue weighted by Crippen LogP contribution is 2.28. The lowest BCUT2D eigenvalue weighted by atomic mass is 10.2. The molecule has 1 rings (SSSR count). The molecule has 1 aromatic rings. The third kappa shape index (κ3) is 8.13. The fourth-order valence-corrected chi connectivity index (χ4v) is 2.67. The highest BCUT2D eigenvalue weighted by molar-refractivity contribution is 9.10. The van der Waals surface area contributed by atoms with Gasteiger partial charge in [-0.25, -0.2) is 0 Å². The number of rotatable bonds is 10. The molecule has 114 valence electrons. The van der Waals surface area contributed by atoms with Crippen LogP contribution in [-0.2, 0) is 0 Å². The molecule has 0 aromatic heterocycles. The van der Waals surface area contributed by atoms with Gasteiger partial charge in [-0.1, -0.05) is 38.3 Å². The minimum atomic E-state index is 0.720. The van der Waals surface area contributed by atoms with E-state index in [1.807, 2.05) is 18.2 Å². The molecule has 0 fully saturated rings. The molecule has 0 bridgehead atoms. The van der Waals surface area contributed by atoms with Gasteiger partial charge in [-0.15, -0.1) is 0 Å². The molecule has 0 atom stereocenters. The van der Waals surface area contributed by atoms with Crippen molar-refractivity contribution in [3.05, 3.63) is 27.7 Å². The Balaban J connectivity index is 1.99.